The number of aryl methyl sites for hydroxylation is 1. The van der Waals surface area contributed by atoms with E-state index in [0.717, 1.165) is 28.9 Å². The molecule has 0 aliphatic carbocycles. The summed E-state index contributed by atoms with van der Waals surface area (Å²) in [7, 11) is 1.83. The summed E-state index contributed by atoms with van der Waals surface area (Å²) in [6.45, 7) is 3.99. The third-order valence-electron chi connectivity index (χ3n) is 2.72. The van der Waals surface area contributed by atoms with E-state index in [-0.39, 0.29) is 5.91 Å². The summed E-state index contributed by atoms with van der Waals surface area (Å²) < 4.78 is 0.949. The van der Waals surface area contributed by atoms with E-state index >= 15 is 0 Å². The Kier molecular flexibility index (Phi) is 3.14. The number of piperazine rings is 1. The zero-order valence-electron chi connectivity index (χ0n) is 9.40. The van der Waals surface area contributed by atoms with Gasteiger partial charge in [-0.2, -0.15) is 0 Å². The van der Waals surface area contributed by atoms with Crippen LogP contribution in [0.1, 0.15) is 5.56 Å². The van der Waals surface area contributed by atoms with Gasteiger partial charge in [0.2, 0.25) is 5.91 Å². The van der Waals surface area contributed by atoms with Gasteiger partial charge in [0.1, 0.15) is 5.82 Å². The van der Waals surface area contributed by atoms with Crippen molar-refractivity contribution in [2.24, 2.45) is 0 Å². The normalized spacial score (nSPS) is 16.8. The van der Waals surface area contributed by atoms with E-state index in [1.807, 2.05) is 31.1 Å². The third kappa shape index (κ3) is 2.19. The topological polar surface area (TPSA) is 36.4 Å². The lowest BCUT2D eigenvalue weighted by Crippen LogP contribution is -2.48. The Morgan fingerprint density at radius 2 is 2.19 bits per heavy atom. The molecule has 1 aliphatic rings. The van der Waals surface area contributed by atoms with Crippen LogP contribution in [0.5, 0.6) is 0 Å². The molecule has 1 amide bonds. The highest BCUT2D eigenvalue weighted by atomic mass is 79.9. The Bertz CT molecular complexity index is 422. The van der Waals surface area contributed by atoms with Crippen molar-refractivity contribution >= 4 is 27.7 Å². The number of aromatic nitrogens is 1. The number of carbonyl (C=O) groups excluding carboxylic acids is 1. The Hall–Kier alpha value is -1.10. The van der Waals surface area contributed by atoms with Gasteiger partial charge in [0, 0.05) is 26.3 Å². The Morgan fingerprint density at radius 1 is 1.44 bits per heavy atom. The van der Waals surface area contributed by atoms with Crippen LogP contribution in [0.4, 0.5) is 5.82 Å². The first-order valence-corrected chi connectivity index (χ1v) is 5.98. The molecule has 0 atom stereocenters. The molecule has 1 aromatic rings. The number of hydrogen-bond acceptors (Lipinski definition) is 3. The summed E-state index contributed by atoms with van der Waals surface area (Å²) in [5.74, 6) is 0.993. The Morgan fingerprint density at radius 3 is 2.81 bits per heavy atom. The summed E-state index contributed by atoms with van der Waals surface area (Å²) in [4.78, 5) is 19.7. The molecule has 4 nitrogen and oxygen atoms in total. The largest absolute Gasteiger partial charge is 0.345 e. The molecule has 86 valence electrons. The summed E-state index contributed by atoms with van der Waals surface area (Å²) in [6, 6.07) is 2.02. The molecule has 0 bridgehead atoms. The lowest BCUT2D eigenvalue weighted by molar-refractivity contribution is -0.129. The van der Waals surface area contributed by atoms with E-state index in [2.05, 4.69) is 20.9 Å². The van der Waals surface area contributed by atoms with Crippen molar-refractivity contribution in [1.82, 2.24) is 9.88 Å². The first-order valence-electron chi connectivity index (χ1n) is 5.19. The van der Waals surface area contributed by atoms with Crippen LogP contribution in [0.25, 0.3) is 0 Å². The fourth-order valence-electron chi connectivity index (χ4n) is 1.70. The highest BCUT2D eigenvalue weighted by Crippen LogP contribution is 2.25. The lowest BCUT2D eigenvalue weighted by atomic mass is 10.3. The van der Waals surface area contributed by atoms with Crippen LogP contribution in [0, 0.1) is 6.92 Å². The van der Waals surface area contributed by atoms with Gasteiger partial charge in [0.05, 0.1) is 11.0 Å². The van der Waals surface area contributed by atoms with Crippen LogP contribution in [0.3, 0.4) is 0 Å². The number of amides is 1. The van der Waals surface area contributed by atoms with E-state index < -0.39 is 0 Å². The maximum atomic E-state index is 11.6. The highest BCUT2D eigenvalue weighted by Gasteiger charge is 2.23. The van der Waals surface area contributed by atoms with Crippen LogP contribution in [-0.2, 0) is 4.79 Å². The number of rotatable bonds is 1. The first kappa shape index (κ1) is 11.4. The van der Waals surface area contributed by atoms with E-state index in [4.69, 9.17) is 0 Å². The predicted octanol–water partition coefficient (Wildman–Crippen LogP) is 1.43. The number of anilines is 1. The standard InChI is InChI=1S/C11H14BrN3O/c1-8-5-9(12)11(13-6-8)15-4-3-14(2)10(16)7-15/h5-6H,3-4,7H2,1-2H3. The van der Waals surface area contributed by atoms with E-state index in [9.17, 15) is 4.79 Å². The molecule has 0 spiro atoms. The molecule has 2 rings (SSSR count). The van der Waals surface area contributed by atoms with Crippen LogP contribution < -0.4 is 4.90 Å². The molecule has 1 aliphatic heterocycles. The van der Waals surface area contributed by atoms with Gasteiger partial charge in [-0.15, -0.1) is 0 Å². The number of hydrogen-bond donors (Lipinski definition) is 0. The van der Waals surface area contributed by atoms with Gasteiger partial charge < -0.3 is 9.80 Å². The van der Waals surface area contributed by atoms with Crippen molar-refractivity contribution < 1.29 is 4.79 Å². The van der Waals surface area contributed by atoms with Crippen LogP contribution in [-0.4, -0.2) is 42.5 Å². The highest BCUT2D eigenvalue weighted by molar-refractivity contribution is 9.10. The van der Waals surface area contributed by atoms with Crippen LogP contribution in [0.15, 0.2) is 16.7 Å². The second kappa shape index (κ2) is 4.41. The van der Waals surface area contributed by atoms with Crippen molar-refractivity contribution in [3.8, 4) is 0 Å². The van der Waals surface area contributed by atoms with Crippen molar-refractivity contribution in [2.75, 3.05) is 31.6 Å². The molecule has 0 N–H and O–H groups in total. The number of pyridine rings is 1. The SMILES string of the molecule is Cc1cnc(N2CCN(C)C(=O)C2)c(Br)c1. The van der Waals surface area contributed by atoms with Gasteiger partial charge in [-0.3, -0.25) is 4.79 Å². The smallest absolute Gasteiger partial charge is 0.241 e. The monoisotopic (exact) mass is 283 g/mol. The van der Waals surface area contributed by atoms with E-state index in [1.54, 1.807) is 4.90 Å². The van der Waals surface area contributed by atoms with Gasteiger partial charge >= 0.3 is 0 Å². The zero-order chi connectivity index (χ0) is 11.7. The molecule has 0 radical (unpaired) electrons. The fourth-order valence-corrected chi connectivity index (χ4v) is 2.41. The van der Waals surface area contributed by atoms with Gasteiger partial charge in [0.15, 0.2) is 0 Å². The summed E-state index contributed by atoms with van der Waals surface area (Å²) in [5, 5.41) is 0. The average Bonchev–Trinajstić information content (AvgIpc) is 2.22. The Balaban J connectivity index is 2.22. The number of likely N-dealkylation sites (N-methyl/N-ethyl adjacent to an activating group) is 1. The minimum Gasteiger partial charge on any atom is -0.345 e. The molecule has 0 saturated carbocycles. The molecule has 16 heavy (non-hydrogen) atoms. The first-order chi connectivity index (χ1) is 7.58. The van der Waals surface area contributed by atoms with Crippen molar-refractivity contribution in [3.63, 3.8) is 0 Å². The summed E-state index contributed by atoms with van der Waals surface area (Å²) >= 11 is 3.49. The summed E-state index contributed by atoms with van der Waals surface area (Å²) in [6.07, 6.45) is 1.82. The van der Waals surface area contributed by atoms with Crippen LogP contribution >= 0.6 is 15.9 Å². The minimum atomic E-state index is 0.139. The van der Waals surface area contributed by atoms with Crippen molar-refractivity contribution in [1.29, 1.82) is 0 Å². The second-order valence-electron chi connectivity index (χ2n) is 4.05. The fraction of sp³-hybridized carbons (Fsp3) is 0.455. The van der Waals surface area contributed by atoms with E-state index in [1.165, 1.54) is 0 Å². The quantitative estimate of drug-likeness (QED) is 0.783. The van der Waals surface area contributed by atoms with Crippen LogP contribution in [0.2, 0.25) is 0 Å². The number of nitrogens with zero attached hydrogens (tertiary/aromatic N) is 3. The summed E-state index contributed by atoms with van der Waals surface area (Å²) in [5.41, 5.74) is 1.11. The third-order valence-corrected chi connectivity index (χ3v) is 3.30. The average molecular weight is 284 g/mol. The second-order valence-corrected chi connectivity index (χ2v) is 4.91. The molecule has 1 saturated heterocycles. The molecule has 2 heterocycles. The molecule has 5 heteroatoms. The van der Waals surface area contributed by atoms with Gasteiger partial charge in [0.25, 0.3) is 0 Å². The minimum absolute atomic E-state index is 0.139. The van der Waals surface area contributed by atoms with Crippen molar-refractivity contribution in [3.05, 3.63) is 22.3 Å². The van der Waals surface area contributed by atoms with E-state index in [0.29, 0.717) is 6.54 Å². The molecule has 1 fully saturated rings. The zero-order valence-corrected chi connectivity index (χ0v) is 11.0. The molecule has 1 aromatic heterocycles. The molecular weight excluding hydrogens is 270 g/mol. The van der Waals surface area contributed by atoms with Crippen molar-refractivity contribution in [2.45, 2.75) is 6.92 Å². The Labute approximate surface area is 103 Å². The van der Waals surface area contributed by atoms with Gasteiger partial charge in [-0.05, 0) is 34.5 Å². The van der Waals surface area contributed by atoms with Gasteiger partial charge in [-0.25, -0.2) is 4.98 Å². The maximum absolute atomic E-state index is 11.6. The molecule has 0 unspecified atom stereocenters. The lowest BCUT2D eigenvalue weighted by Gasteiger charge is -2.33. The molecule has 0 aromatic carbocycles. The number of carbonyl (C=O) groups is 1. The maximum Gasteiger partial charge on any atom is 0.241 e. The number of halogens is 1. The molecular formula is C11H14BrN3O. The predicted molar refractivity (Wildman–Crippen MR) is 66.5 cm³/mol. The van der Waals surface area contributed by atoms with Gasteiger partial charge in [-0.1, -0.05) is 0 Å².